The summed E-state index contributed by atoms with van der Waals surface area (Å²) in [6.07, 6.45) is 2.61. The Hall–Kier alpha value is -0.540. The summed E-state index contributed by atoms with van der Waals surface area (Å²) < 4.78 is 0. The van der Waals surface area contributed by atoms with Gasteiger partial charge in [-0.15, -0.1) is 11.6 Å². The molecule has 0 aliphatic heterocycles. The Kier molecular flexibility index (Phi) is 5.29. The first kappa shape index (κ1) is 13.5. The van der Waals surface area contributed by atoms with Crippen LogP contribution >= 0.6 is 23.2 Å². The molecule has 0 bridgehead atoms. The van der Waals surface area contributed by atoms with Crippen LogP contribution in [0.1, 0.15) is 25.8 Å². The molecule has 0 aliphatic carbocycles. The van der Waals surface area contributed by atoms with Crippen molar-refractivity contribution in [2.45, 2.75) is 26.1 Å². The summed E-state index contributed by atoms with van der Waals surface area (Å²) in [6.45, 7) is 5.32. The lowest BCUT2D eigenvalue weighted by atomic mass is 10.1. The molecule has 0 aliphatic rings. The Bertz CT molecular complexity index is 344. The lowest BCUT2D eigenvalue weighted by Crippen LogP contribution is -2.25. The average molecular weight is 262 g/mol. The second-order valence-electron chi connectivity index (χ2n) is 3.99. The zero-order valence-corrected chi connectivity index (χ0v) is 11.4. The largest absolute Gasteiger partial charge is 0.359 e. The van der Waals surface area contributed by atoms with Crippen molar-refractivity contribution in [3.05, 3.63) is 17.0 Å². The maximum atomic E-state index is 5.98. The van der Waals surface area contributed by atoms with Gasteiger partial charge in [-0.3, -0.25) is 0 Å². The summed E-state index contributed by atoms with van der Waals surface area (Å²) in [5.41, 5.74) is 0.802. The van der Waals surface area contributed by atoms with Crippen molar-refractivity contribution in [3.63, 3.8) is 0 Å². The Morgan fingerprint density at radius 2 is 2.12 bits per heavy atom. The van der Waals surface area contributed by atoms with Crippen LogP contribution in [-0.2, 0) is 5.88 Å². The van der Waals surface area contributed by atoms with E-state index in [1.165, 1.54) is 6.33 Å². The van der Waals surface area contributed by atoms with E-state index >= 15 is 0 Å². The molecule has 0 radical (unpaired) electrons. The molecule has 1 rings (SSSR count). The third-order valence-corrected chi connectivity index (χ3v) is 3.24. The van der Waals surface area contributed by atoms with Gasteiger partial charge in [-0.05, 0) is 5.92 Å². The van der Waals surface area contributed by atoms with Crippen LogP contribution in [0, 0.1) is 5.92 Å². The monoisotopic (exact) mass is 261 g/mol. The fourth-order valence-corrected chi connectivity index (χ4v) is 2.02. The van der Waals surface area contributed by atoms with Gasteiger partial charge in [-0.2, -0.15) is 0 Å². The molecule has 90 valence electrons. The summed E-state index contributed by atoms with van der Waals surface area (Å²) in [7, 11) is 2.00. The molecule has 0 fully saturated rings. The maximum Gasteiger partial charge on any atom is 0.138 e. The smallest absolute Gasteiger partial charge is 0.138 e. The summed E-state index contributed by atoms with van der Waals surface area (Å²) in [6, 6.07) is 0. The van der Waals surface area contributed by atoms with Gasteiger partial charge in [0.25, 0.3) is 0 Å². The van der Waals surface area contributed by atoms with Crippen molar-refractivity contribution >= 4 is 29.0 Å². The zero-order valence-electron chi connectivity index (χ0n) is 9.87. The van der Waals surface area contributed by atoms with Crippen molar-refractivity contribution in [2.24, 2.45) is 5.92 Å². The van der Waals surface area contributed by atoms with Gasteiger partial charge in [-0.25, -0.2) is 9.97 Å². The van der Waals surface area contributed by atoms with Crippen LogP contribution in [-0.4, -0.2) is 23.6 Å². The molecule has 0 N–H and O–H groups in total. The van der Waals surface area contributed by atoms with Crippen molar-refractivity contribution in [1.29, 1.82) is 0 Å². The molecule has 0 saturated heterocycles. The predicted octanol–water partition coefficient (Wildman–Crippen LogP) is 3.35. The van der Waals surface area contributed by atoms with Crippen LogP contribution in [0.4, 0.5) is 5.82 Å². The number of aromatic nitrogens is 2. The third-order valence-electron chi connectivity index (χ3n) is 2.65. The third kappa shape index (κ3) is 3.22. The van der Waals surface area contributed by atoms with Crippen molar-refractivity contribution in [3.8, 4) is 0 Å². The molecular formula is C11H17Cl2N3. The molecule has 0 saturated carbocycles. The van der Waals surface area contributed by atoms with E-state index in [1.54, 1.807) is 0 Å². The van der Waals surface area contributed by atoms with Gasteiger partial charge < -0.3 is 4.90 Å². The molecule has 1 aromatic rings. The first-order valence-corrected chi connectivity index (χ1v) is 6.27. The highest BCUT2D eigenvalue weighted by molar-refractivity contribution is 6.31. The minimum absolute atomic E-state index is 0.333. The van der Waals surface area contributed by atoms with Gasteiger partial charge >= 0.3 is 0 Å². The van der Waals surface area contributed by atoms with Gasteiger partial charge in [0.2, 0.25) is 0 Å². The normalized spacial score (nSPS) is 12.6. The number of nitrogens with zero attached hydrogens (tertiary/aromatic N) is 3. The first-order chi connectivity index (χ1) is 7.60. The first-order valence-electron chi connectivity index (χ1n) is 5.36. The van der Waals surface area contributed by atoms with E-state index in [0.717, 1.165) is 24.3 Å². The van der Waals surface area contributed by atoms with Crippen LogP contribution in [0.2, 0.25) is 5.15 Å². The predicted molar refractivity (Wildman–Crippen MR) is 69.3 cm³/mol. The topological polar surface area (TPSA) is 29.0 Å². The maximum absolute atomic E-state index is 5.98. The van der Waals surface area contributed by atoms with E-state index in [2.05, 4.69) is 28.7 Å². The Balaban J connectivity index is 2.90. The molecule has 1 heterocycles. The van der Waals surface area contributed by atoms with Crippen LogP contribution in [0.3, 0.4) is 0 Å². The lowest BCUT2D eigenvalue weighted by molar-refractivity contribution is 0.557. The minimum Gasteiger partial charge on any atom is -0.359 e. The average Bonchev–Trinajstić information content (AvgIpc) is 2.28. The highest BCUT2D eigenvalue weighted by Gasteiger charge is 2.14. The van der Waals surface area contributed by atoms with Gasteiger partial charge in [0, 0.05) is 19.2 Å². The standard InChI is InChI=1S/C11H17Cl2N3/c1-4-8(2)6-16(3)11-9(5-12)10(13)14-7-15-11/h7-8H,4-6H2,1-3H3. The fourth-order valence-electron chi connectivity index (χ4n) is 1.51. The van der Waals surface area contributed by atoms with Crippen LogP contribution in [0.15, 0.2) is 6.33 Å². The Morgan fingerprint density at radius 3 is 2.69 bits per heavy atom. The van der Waals surface area contributed by atoms with Crippen molar-refractivity contribution < 1.29 is 0 Å². The summed E-state index contributed by atoms with van der Waals surface area (Å²) in [5, 5.41) is 0.441. The van der Waals surface area contributed by atoms with Crippen molar-refractivity contribution in [2.75, 3.05) is 18.5 Å². The number of rotatable bonds is 5. The Morgan fingerprint density at radius 1 is 1.44 bits per heavy atom. The molecule has 1 atom stereocenters. The van der Waals surface area contributed by atoms with Gasteiger partial charge in [-0.1, -0.05) is 31.9 Å². The molecule has 3 nitrogen and oxygen atoms in total. The van der Waals surface area contributed by atoms with Gasteiger partial charge in [0.15, 0.2) is 0 Å². The Labute approximate surface area is 107 Å². The summed E-state index contributed by atoms with van der Waals surface area (Å²) in [5.74, 6) is 1.78. The second-order valence-corrected chi connectivity index (χ2v) is 4.62. The van der Waals surface area contributed by atoms with Gasteiger partial charge in [0.05, 0.1) is 5.88 Å². The molecule has 5 heteroatoms. The van der Waals surface area contributed by atoms with E-state index in [4.69, 9.17) is 23.2 Å². The fraction of sp³-hybridized carbons (Fsp3) is 0.636. The van der Waals surface area contributed by atoms with Crippen LogP contribution in [0.25, 0.3) is 0 Å². The summed E-state index contributed by atoms with van der Waals surface area (Å²) in [4.78, 5) is 10.3. The minimum atomic E-state index is 0.333. The van der Waals surface area contributed by atoms with E-state index in [1.807, 2.05) is 7.05 Å². The molecule has 0 amide bonds. The molecule has 1 aromatic heterocycles. The number of halogens is 2. The quantitative estimate of drug-likeness (QED) is 0.602. The lowest BCUT2D eigenvalue weighted by Gasteiger charge is -2.23. The number of hydrogen-bond acceptors (Lipinski definition) is 3. The molecular weight excluding hydrogens is 245 g/mol. The van der Waals surface area contributed by atoms with E-state index in [-0.39, 0.29) is 0 Å². The van der Waals surface area contributed by atoms with Crippen molar-refractivity contribution in [1.82, 2.24) is 9.97 Å². The van der Waals surface area contributed by atoms with Crippen LogP contribution in [0.5, 0.6) is 0 Å². The molecule has 16 heavy (non-hydrogen) atoms. The SMILES string of the molecule is CCC(C)CN(C)c1ncnc(Cl)c1CCl. The van der Waals surface area contributed by atoms with E-state index < -0.39 is 0 Å². The van der Waals surface area contributed by atoms with Crippen LogP contribution < -0.4 is 4.90 Å². The zero-order chi connectivity index (χ0) is 12.1. The number of alkyl halides is 1. The number of anilines is 1. The highest BCUT2D eigenvalue weighted by Crippen LogP contribution is 2.24. The highest BCUT2D eigenvalue weighted by atomic mass is 35.5. The van der Waals surface area contributed by atoms with E-state index in [0.29, 0.717) is 17.0 Å². The molecule has 1 unspecified atom stereocenters. The van der Waals surface area contributed by atoms with Gasteiger partial charge in [0.1, 0.15) is 17.3 Å². The summed E-state index contributed by atoms with van der Waals surface area (Å²) >= 11 is 11.8. The molecule has 0 spiro atoms. The molecule has 0 aromatic carbocycles. The number of hydrogen-bond donors (Lipinski definition) is 0. The second kappa shape index (κ2) is 6.26. The van der Waals surface area contributed by atoms with E-state index in [9.17, 15) is 0 Å².